The summed E-state index contributed by atoms with van der Waals surface area (Å²) in [5.74, 6) is 0. The fraction of sp³-hybridized carbons (Fsp3) is 0. The summed E-state index contributed by atoms with van der Waals surface area (Å²) in [6.45, 7) is 0. The summed E-state index contributed by atoms with van der Waals surface area (Å²) in [6.07, 6.45) is 1.88. The quantitative estimate of drug-likeness (QED) is 0.235. The third kappa shape index (κ3) is 2.95. The minimum atomic E-state index is 0.804. The van der Waals surface area contributed by atoms with Crippen molar-refractivity contribution in [1.29, 1.82) is 0 Å². The van der Waals surface area contributed by atoms with Crippen molar-refractivity contribution in [3.05, 3.63) is 121 Å². The molecule has 0 radical (unpaired) electrons. The molecule has 0 amide bonds. The van der Waals surface area contributed by atoms with Gasteiger partial charge in [-0.25, -0.2) is 4.98 Å². The van der Waals surface area contributed by atoms with E-state index in [-0.39, 0.29) is 0 Å². The highest BCUT2D eigenvalue weighted by Gasteiger charge is 2.17. The van der Waals surface area contributed by atoms with Gasteiger partial charge < -0.3 is 4.42 Å². The summed E-state index contributed by atoms with van der Waals surface area (Å²) in [4.78, 5) is 10.2. The lowest BCUT2D eigenvalue weighted by molar-refractivity contribution is 0.671. The van der Waals surface area contributed by atoms with Crippen LogP contribution in [-0.2, 0) is 0 Å². The standard InChI is InChI=1S/C34H20N2O/c1-2-10-21(11-3-1)22-16-8-17-27-28-18-9-19-29(34(28)37-33(22)27)30-20-35-31-25-14-6-4-12-23(25)24-13-5-7-15-26(24)32(31)36-30/h1-20H. The molecule has 8 rings (SSSR count). The Kier molecular flexibility index (Phi) is 4.23. The number of rotatable bonds is 2. The first-order valence-electron chi connectivity index (χ1n) is 12.4. The third-order valence-electron chi connectivity index (χ3n) is 7.31. The van der Waals surface area contributed by atoms with E-state index >= 15 is 0 Å². The van der Waals surface area contributed by atoms with Crippen LogP contribution in [0.3, 0.4) is 0 Å². The predicted octanol–water partition coefficient (Wildman–Crippen LogP) is 9.17. The van der Waals surface area contributed by atoms with Gasteiger partial charge in [-0.15, -0.1) is 0 Å². The molecule has 6 aromatic carbocycles. The lowest BCUT2D eigenvalue weighted by Crippen LogP contribution is -1.92. The molecular weight excluding hydrogens is 452 g/mol. The average Bonchev–Trinajstić information content (AvgIpc) is 3.37. The van der Waals surface area contributed by atoms with E-state index in [4.69, 9.17) is 14.4 Å². The van der Waals surface area contributed by atoms with Crippen LogP contribution in [0.15, 0.2) is 126 Å². The van der Waals surface area contributed by atoms with Crippen LogP contribution in [0, 0.1) is 0 Å². The Balaban J connectivity index is 1.43. The number of aromatic nitrogens is 2. The van der Waals surface area contributed by atoms with Gasteiger partial charge in [-0.3, -0.25) is 4.98 Å². The Morgan fingerprint density at radius 2 is 0.973 bits per heavy atom. The van der Waals surface area contributed by atoms with E-state index in [0.717, 1.165) is 66.1 Å². The zero-order valence-corrected chi connectivity index (χ0v) is 19.8. The van der Waals surface area contributed by atoms with Crippen LogP contribution in [0.2, 0.25) is 0 Å². The molecule has 0 aliphatic heterocycles. The van der Waals surface area contributed by atoms with Gasteiger partial charge in [0, 0.05) is 32.7 Å². The van der Waals surface area contributed by atoms with Gasteiger partial charge in [0.15, 0.2) is 0 Å². The molecule has 0 spiro atoms. The molecule has 0 unspecified atom stereocenters. The number of nitrogens with zero attached hydrogens (tertiary/aromatic N) is 2. The zero-order chi connectivity index (χ0) is 24.3. The minimum Gasteiger partial charge on any atom is -0.455 e. The first-order chi connectivity index (χ1) is 18.4. The number of para-hydroxylation sites is 2. The Bertz CT molecular complexity index is 2110. The molecule has 0 saturated carbocycles. The fourth-order valence-electron chi connectivity index (χ4n) is 5.62. The summed E-state index contributed by atoms with van der Waals surface area (Å²) >= 11 is 0. The smallest absolute Gasteiger partial charge is 0.144 e. The number of hydrogen-bond donors (Lipinski definition) is 0. The molecule has 3 heteroatoms. The second-order valence-corrected chi connectivity index (χ2v) is 9.38. The highest BCUT2D eigenvalue weighted by molar-refractivity contribution is 6.23. The first kappa shape index (κ1) is 20.2. The lowest BCUT2D eigenvalue weighted by Gasteiger charge is -2.10. The minimum absolute atomic E-state index is 0.804. The van der Waals surface area contributed by atoms with Crippen LogP contribution in [0.4, 0.5) is 0 Å². The van der Waals surface area contributed by atoms with Crippen molar-refractivity contribution < 1.29 is 4.42 Å². The van der Waals surface area contributed by atoms with E-state index < -0.39 is 0 Å². The van der Waals surface area contributed by atoms with Crippen molar-refractivity contribution in [2.24, 2.45) is 0 Å². The van der Waals surface area contributed by atoms with Gasteiger partial charge in [0.2, 0.25) is 0 Å². The van der Waals surface area contributed by atoms with Crippen LogP contribution in [0.1, 0.15) is 0 Å². The number of furan rings is 1. The van der Waals surface area contributed by atoms with Gasteiger partial charge in [-0.2, -0.15) is 0 Å². The lowest BCUT2D eigenvalue weighted by atomic mass is 9.99. The Labute approximate surface area is 212 Å². The van der Waals surface area contributed by atoms with Crippen LogP contribution < -0.4 is 0 Å². The molecule has 0 N–H and O–H groups in total. The van der Waals surface area contributed by atoms with E-state index in [2.05, 4.69) is 109 Å². The van der Waals surface area contributed by atoms with Gasteiger partial charge in [0.25, 0.3) is 0 Å². The van der Waals surface area contributed by atoms with E-state index in [1.54, 1.807) is 0 Å². The maximum absolute atomic E-state index is 6.63. The van der Waals surface area contributed by atoms with Gasteiger partial charge in [-0.05, 0) is 22.4 Å². The number of hydrogen-bond acceptors (Lipinski definition) is 3. The molecule has 8 aromatic rings. The van der Waals surface area contributed by atoms with Crippen molar-refractivity contribution in [2.45, 2.75) is 0 Å². The maximum atomic E-state index is 6.63. The Morgan fingerprint density at radius 3 is 1.68 bits per heavy atom. The van der Waals surface area contributed by atoms with Gasteiger partial charge in [0.1, 0.15) is 11.2 Å². The SMILES string of the molecule is c1ccc(-c2cccc3c2oc2c(-c4cnc5c6ccccc6c6ccccc6c5n4)cccc23)cc1. The molecule has 0 aliphatic rings. The molecule has 2 aromatic heterocycles. The third-order valence-corrected chi connectivity index (χ3v) is 7.31. The normalized spacial score (nSPS) is 11.8. The van der Waals surface area contributed by atoms with Crippen molar-refractivity contribution in [2.75, 3.05) is 0 Å². The molecule has 0 fully saturated rings. The van der Waals surface area contributed by atoms with Crippen LogP contribution >= 0.6 is 0 Å². The predicted molar refractivity (Wildman–Crippen MR) is 153 cm³/mol. The molecule has 37 heavy (non-hydrogen) atoms. The van der Waals surface area contributed by atoms with Crippen molar-refractivity contribution in [3.8, 4) is 22.4 Å². The highest BCUT2D eigenvalue weighted by atomic mass is 16.3. The monoisotopic (exact) mass is 472 g/mol. The Hall–Kier alpha value is -5.02. The Morgan fingerprint density at radius 1 is 0.432 bits per heavy atom. The van der Waals surface area contributed by atoms with Crippen molar-refractivity contribution in [1.82, 2.24) is 9.97 Å². The van der Waals surface area contributed by atoms with Crippen LogP contribution in [-0.4, -0.2) is 9.97 Å². The molecule has 2 heterocycles. The zero-order valence-electron chi connectivity index (χ0n) is 19.8. The van der Waals surface area contributed by atoms with Crippen LogP contribution in [0.5, 0.6) is 0 Å². The van der Waals surface area contributed by atoms with E-state index in [1.165, 1.54) is 10.8 Å². The van der Waals surface area contributed by atoms with E-state index in [0.29, 0.717) is 0 Å². The van der Waals surface area contributed by atoms with Crippen LogP contribution in [0.25, 0.3) is 76.9 Å². The van der Waals surface area contributed by atoms with Crippen molar-refractivity contribution in [3.63, 3.8) is 0 Å². The molecule has 0 saturated heterocycles. The summed E-state index contributed by atoms with van der Waals surface area (Å²) in [5, 5.41) is 6.78. The molecule has 0 bridgehead atoms. The molecule has 172 valence electrons. The average molecular weight is 473 g/mol. The number of fused-ring (bicyclic) bond motifs is 9. The largest absolute Gasteiger partial charge is 0.455 e. The van der Waals surface area contributed by atoms with Gasteiger partial charge in [0.05, 0.1) is 22.9 Å². The van der Waals surface area contributed by atoms with Crippen molar-refractivity contribution >= 4 is 54.5 Å². The number of benzene rings is 6. The second-order valence-electron chi connectivity index (χ2n) is 9.38. The molecule has 0 atom stereocenters. The highest BCUT2D eigenvalue weighted by Crippen LogP contribution is 2.40. The second kappa shape index (κ2) is 7.74. The topological polar surface area (TPSA) is 38.9 Å². The van der Waals surface area contributed by atoms with Gasteiger partial charge in [-0.1, -0.05) is 109 Å². The fourth-order valence-corrected chi connectivity index (χ4v) is 5.62. The maximum Gasteiger partial charge on any atom is 0.144 e. The molecule has 3 nitrogen and oxygen atoms in total. The molecular formula is C34H20N2O. The summed E-state index contributed by atoms with van der Waals surface area (Å²) in [6, 6.07) is 39.9. The summed E-state index contributed by atoms with van der Waals surface area (Å²) in [7, 11) is 0. The molecule has 0 aliphatic carbocycles. The summed E-state index contributed by atoms with van der Waals surface area (Å²) in [5.41, 5.74) is 7.52. The van der Waals surface area contributed by atoms with Gasteiger partial charge >= 0.3 is 0 Å². The first-order valence-corrected chi connectivity index (χ1v) is 12.4. The summed E-state index contributed by atoms with van der Waals surface area (Å²) < 4.78 is 6.63. The van der Waals surface area contributed by atoms with E-state index in [1.807, 2.05) is 12.3 Å². The van der Waals surface area contributed by atoms with E-state index in [9.17, 15) is 0 Å².